The average molecular weight is 399 g/mol. The van der Waals surface area contributed by atoms with Crippen molar-refractivity contribution in [2.24, 2.45) is 11.7 Å². The molecule has 0 spiro atoms. The van der Waals surface area contributed by atoms with Crippen molar-refractivity contribution in [3.63, 3.8) is 0 Å². The highest BCUT2D eigenvalue weighted by molar-refractivity contribution is 5.64. The van der Waals surface area contributed by atoms with Crippen LogP contribution in [0.2, 0.25) is 0 Å². The molecular formula is C23H38N6. The van der Waals surface area contributed by atoms with Crippen LogP contribution < -0.4 is 16.5 Å². The molecule has 0 aliphatic heterocycles. The van der Waals surface area contributed by atoms with Crippen molar-refractivity contribution < 1.29 is 0 Å². The van der Waals surface area contributed by atoms with Gasteiger partial charge in [0.05, 0.1) is 5.69 Å². The summed E-state index contributed by atoms with van der Waals surface area (Å²) in [5.74, 6) is 1.59. The van der Waals surface area contributed by atoms with Crippen molar-refractivity contribution >= 4 is 11.5 Å². The van der Waals surface area contributed by atoms with Crippen LogP contribution in [0.15, 0.2) is 18.0 Å². The maximum atomic E-state index is 6.05. The van der Waals surface area contributed by atoms with Crippen molar-refractivity contribution in [3.05, 3.63) is 23.7 Å². The SMILES string of the molecule is CNN(/C(CC1CC1)=C(\C)c1ccnc(N[C@H]2CC[C@H](N)CC2)n1)C1CCCC1. The maximum Gasteiger partial charge on any atom is 0.223 e. The zero-order valence-corrected chi connectivity index (χ0v) is 18.2. The minimum absolute atomic E-state index is 0.360. The fourth-order valence-corrected chi connectivity index (χ4v) is 4.96. The van der Waals surface area contributed by atoms with Crippen LogP contribution in [0, 0.1) is 5.92 Å². The summed E-state index contributed by atoms with van der Waals surface area (Å²) in [4.78, 5) is 9.42. The number of allylic oxidation sites excluding steroid dienone is 2. The Morgan fingerprint density at radius 3 is 2.48 bits per heavy atom. The monoisotopic (exact) mass is 398 g/mol. The van der Waals surface area contributed by atoms with E-state index in [2.05, 4.69) is 40.8 Å². The van der Waals surface area contributed by atoms with Gasteiger partial charge in [-0.25, -0.2) is 15.4 Å². The van der Waals surface area contributed by atoms with Gasteiger partial charge in [0.1, 0.15) is 0 Å². The van der Waals surface area contributed by atoms with Crippen LogP contribution in [-0.2, 0) is 0 Å². The molecule has 160 valence electrons. The lowest BCUT2D eigenvalue weighted by molar-refractivity contribution is 0.186. The number of hydrogen-bond acceptors (Lipinski definition) is 6. The Kier molecular flexibility index (Phi) is 6.70. The molecule has 0 saturated heterocycles. The second-order valence-electron chi connectivity index (χ2n) is 9.27. The quantitative estimate of drug-likeness (QED) is 0.573. The van der Waals surface area contributed by atoms with Crippen LogP contribution in [0.5, 0.6) is 0 Å². The van der Waals surface area contributed by atoms with Gasteiger partial charge >= 0.3 is 0 Å². The zero-order valence-electron chi connectivity index (χ0n) is 18.2. The Bertz CT molecular complexity index is 699. The molecule has 1 heterocycles. The van der Waals surface area contributed by atoms with Crippen LogP contribution in [0.3, 0.4) is 0 Å². The molecule has 6 heteroatoms. The van der Waals surface area contributed by atoms with Gasteiger partial charge in [-0.15, -0.1) is 0 Å². The van der Waals surface area contributed by atoms with Crippen LogP contribution in [0.25, 0.3) is 5.57 Å². The highest BCUT2D eigenvalue weighted by Gasteiger charge is 2.30. The molecule has 1 aromatic heterocycles. The summed E-state index contributed by atoms with van der Waals surface area (Å²) in [6.07, 6.45) is 15.4. The van der Waals surface area contributed by atoms with E-state index in [4.69, 9.17) is 10.7 Å². The Morgan fingerprint density at radius 2 is 1.83 bits per heavy atom. The van der Waals surface area contributed by atoms with E-state index in [0.29, 0.717) is 18.1 Å². The lowest BCUT2D eigenvalue weighted by Gasteiger charge is -2.34. The van der Waals surface area contributed by atoms with E-state index in [1.807, 2.05) is 6.20 Å². The number of rotatable bonds is 8. The first-order valence-corrected chi connectivity index (χ1v) is 11.7. The van der Waals surface area contributed by atoms with E-state index in [9.17, 15) is 0 Å². The molecule has 0 aromatic carbocycles. The normalized spacial score (nSPS) is 26.3. The number of nitrogens with one attached hydrogen (secondary N) is 2. The standard InChI is InChI=1S/C23H38N6/c1-16(22(15-17-7-8-17)29(25-2)20-5-3-4-6-20)21-13-14-26-23(28-21)27-19-11-9-18(24)10-12-19/h13-14,17-20,25H,3-12,15,24H2,1-2H3,(H,26,27,28)/b22-16+/t18-,19-. The van der Waals surface area contributed by atoms with Gasteiger partial charge in [0.25, 0.3) is 0 Å². The van der Waals surface area contributed by atoms with Crippen molar-refractivity contribution in [1.82, 2.24) is 20.4 Å². The summed E-state index contributed by atoms with van der Waals surface area (Å²) in [5, 5.41) is 6.01. The molecule has 4 rings (SSSR count). The van der Waals surface area contributed by atoms with Gasteiger partial charge in [0.2, 0.25) is 5.95 Å². The molecule has 3 saturated carbocycles. The number of nitrogens with zero attached hydrogens (tertiary/aromatic N) is 3. The molecule has 4 N–H and O–H groups in total. The molecule has 3 fully saturated rings. The van der Waals surface area contributed by atoms with Gasteiger partial charge < -0.3 is 16.1 Å². The highest BCUT2D eigenvalue weighted by atomic mass is 15.5. The lowest BCUT2D eigenvalue weighted by atomic mass is 9.92. The third-order valence-electron chi connectivity index (χ3n) is 6.98. The fraction of sp³-hybridized carbons (Fsp3) is 0.739. The van der Waals surface area contributed by atoms with Crippen molar-refractivity contribution in [3.8, 4) is 0 Å². The Hall–Kier alpha value is -1.66. The molecule has 0 amide bonds. The molecule has 6 nitrogen and oxygen atoms in total. The van der Waals surface area contributed by atoms with E-state index >= 15 is 0 Å². The summed E-state index contributed by atoms with van der Waals surface area (Å²) in [7, 11) is 2.07. The van der Waals surface area contributed by atoms with E-state index in [1.54, 1.807) is 0 Å². The first-order valence-electron chi connectivity index (χ1n) is 11.7. The Morgan fingerprint density at radius 1 is 1.10 bits per heavy atom. The van der Waals surface area contributed by atoms with Crippen LogP contribution in [0.4, 0.5) is 5.95 Å². The van der Waals surface area contributed by atoms with Gasteiger partial charge in [-0.1, -0.05) is 12.8 Å². The molecule has 1 aromatic rings. The summed E-state index contributed by atoms with van der Waals surface area (Å²) in [6.45, 7) is 2.24. The van der Waals surface area contributed by atoms with Crippen molar-refractivity contribution in [2.75, 3.05) is 12.4 Å². The Labute approximate surface area is 175 Å². The van der Waals surface area contributed by atoms with E-state index in [-0.39, 0.29) is 0 Å². The molecule has 0 bridgehead atoms. The van der Waals surface area contributed by atoms with Crippen LogP contribution >= 0.6 is 0 Å². The molecule has 3 aliphatic carbocycles. The number of anilines is 1. The van der Waals surface area contributed by atoms with E-state index < -0.39 is 0 Å². The highest BCUT2D eigenvalue weighted by Crippen LogP contribution is 2.39. The predicted octanol–water partition coefficient (Wildman–Crippen LogP) is 4.07. The maximum absolute atomic E-state index is 6.05. The van der Waals surface area contributed by atoms with Gasteiger partial charge in [-0.3, -0.25) is 0 Å². The molecule has 0 atom stereocenters. The zero-order chi connectivity index (χ0) is 20.2. The molecule has 3 aliphatic rings. The minimum atomic E-state index is 0.360. The second-order valence-corrected chi connectivity index (χ2v) is 9.27. The first-order chi connectivity index (χ1) is 14.1. The summed E-state index contributed by atoms with van der Waals surface area (Å²) >= 11 is 0. The Balaban J connectivity index is 1.55. The van der Waals surface area contributed by atoms with Crippen LogP contribution in [-0.4, -0.2) is 40.2 Å². The minimum Gasteiger partial charge on any atom is -0.351 e. The number of hydrogen-bond donors (Lipinski definition) is 3. The van der Waals surface area contributed by atoms with Gasteiger partial charge in [0.15, 0.2) is 0 Å². The summed E-state index contributed by atoms with van der Waals surface area (Å²) in [5.41, 5.74) is 13.3. The summed E-state index contributed by atoms with van der Waals surface area (Å²) in [6, 6.07) is 3.47. The van der Waals surface area contributed by atoms with Gasteiger partial charge in [0, 0.05) is 37.1 Å². The smallest absolute Gasteiger partial charge is 0.223 e. The predicted molar refractivity (Wildman–Crippen MR) is 119 cm³/mol. The largest absolute Gasteiger partial charge is 0.351 e. The number of hydrazine groups is 1. The van der Waals surface area contributed by atoms with Gasteiger partial charge in [-0.2, -0.15) is 0 Å². The molecule has 0 radical (unpaired) electrons. The number of aromatic nitrogens is 2. The van der Waals surface area contributed by atoms with Crippen molar-refractivity contribution in [1.29, 1.82) is 0 Å². The topological polar surface area (TPSA) is 79.1 Å². The van der Waals surface area contributed by atoms with E-state index in [0.717, 1.165) is 49.7 Å². The molecule has 0 unspecified atom stereocenters. The lowest BCUT2D eigenvalue weighted by Crippen LogP contribution is -2.42. The first kappa shape index (κ1) is 20.6. The third-order valence-corrected chi connectivity index (χ3v) is 6.98. The van der Waals surface area contributed by atoms with Gasteiger partial charge in [-0.05, 0) is 82.3 Å². The van der Waals surface area contributed by atoms with Crippen molar-refractivity contribution in [2.45, 2.75) is 95.7 Å². The fourth-order valence-electron chi connectivity index (χ4n) is 4.96. The van der Waals surface area contributed by atoms with E-state index in [1.165, 1.54) is 49.8 Å². The third kappa shape index (κ3) is 5.28. The molecular weight excluding hydrogens is 360 g/mol. The average Bonchev–Trinajstić information content (AvgIpc) is 3.40. The van der Waals surface area contributed by atoms with Crippen LogP contribution in [0.1, 0.15) is 83.2 Å². The molecule has 29 heavy (non-hydrogen) atoms. The summed E-state index contributed by atoms with van der Waals surface area (Å²) < 4.78 is 0. The second kappa shape index (κ2) is 9.43. The number of nitrogens with two attached hydrogens (primary N) is 1.